The van der Waals surface area contributed by atoms with Gasteiger partial charge in [0.2, 0.25) is 0 Å². The smallest absolute Gasteiger partial charge is 0.125 e. The van der Waals surface area contributed by atoms with Crippen molar-refractivity contribution in [3.8, 4) is 11.8 Å². The van der Waals surface area contributed by atoms with Gasteiger partial charge in [0.1, 0.15) is 11.8 Å². The molecule has 4 heteroatoms. The summed E-state index contributed by atoms with van der Waals surface area (Å²) in [6.07, 6.45) is 0.738. The van der Waals surface area contributed by atoms with Crippen molar-refractivity contribution in [3.63, 3.8) is 0 Å². The summed E-state index contributed by atoms with van der Waals surface area (Å²) in [6.45, 7) is 0.608. The number of nitrogens with two attached hydrogens (primary N) is 1. The van der Waals surface area contributed by atoms with Crippen LogP contribution in [0.25, 0.3) is 0 Å². The SMILES string of the molecule is N#Cc1ccc2c(c1Cl)[C@H](N)CCO2. The van der Waals surface area contributed by atoms with E-state index in [0.29, 0.717) is 22.9 Å². The van der Waals surface area contributed by atoms with E-state index in [1.807, 2.05) is 6.07 Å². The molecule has 1 aromatic carbocycles. The van der Waals surface area contributed by atoms with Crippen molar-refractivity contribution >= 4 is 11.6 Å². The number of hydrogen-bond donors (Lipinski definition) is 1. The molecule has 0 aliphatic carbocycles. The average molecular weight is 209 g/mol. The Bertz CT molecular complexity index is 411. The highest BCUT2D eigenvalue weighted by Crippen LogP contribution is 2.37. The number of nitrogens with zero attached hydrogens (tertiary/aromatic N) is 1. The quantitative estimate of drug-likeness (QED) is 0.710. The zero-order chi connectivity index (χ0) is 10.1. The molecule has 0 saturated carbocycles. The van der Waals surface area contributed by atoms with Crippen LogP contribution in [-0.4, -0.2) is 6.61 Å². The van der Waals surface area contributed by atoms with Crippen LogP contribution in [0.3, 0.4) is 0 Å². The first-order chi connectivity index (χ1) is 6.74. The number of hydrogen-bond acceptors (Lipinski definition) is 3. The molecule has 1 aromatic rings. The molecule has 0 fully saturated rings. The summed E-state index contributed by atoms with van der Waals surface area (Å²) in [5.41, 5.74) is 7.11. The van der Waals surface area contributed by atoms with Crippen molar-refractivity contribution in [2.45, 2.75) is 12.5 Å². The summed E-state index contributed by atoms with van der Waals surface area (Å²) in [5.74, 6) is 0.702. The zero-order valence-electron chi connectivity index (χ0n) is 7.46. The Kier molecular flexibility index (Phi) is 2.32. The number of rotatable bonds is 0. The lowest BCUT2D eigenvalue weighted by Crippen LogP contribution is -2.21. The van der Waals surface area contributed by atoms with Gasteiger partial charge >= 0.3 is 0 Å². The van der Waals surface area contributed by atoms with Gasteiger partial charge < -0.3 is 10.5 Å². The van der Waals surface area contributed by atoms with Crippen LogP contribution in [0.1, 0.15) is 23.6 Å². The van der Waals surface area contributed by atoms with Crippen molar-refractivity contribution in [1.82, 2.24) is 0 Å². The van der Waals surface area contributed by atoms with E-state index in [4.69, 9.17) is 27.3 Å². The molecule has 0 aromatic heterocycles. The molecule has 0 bridgehead atoms. The molecule has 2 N–H and O–H groups in total. The summed E-state index contributed by atoms with van der Waals surface area (Å²) in [4.78, 5) is 0. The van der Waals surface area contributed by atoms with Crippen LogP contribution in [0.15, 0.2) is 12.1 Å². The third-order valence-corrected chi connectivity index (χ3v) is 2.72. The monoisotopic (exact) mass is 208 g/mol. The zero-order valence-corrected chi connectivity index (χ0v) is 8.21. The molecule has 1 atom stereocenters. The van der Waals surface area contributed by atoms with E-state index < -0.39 is 0 Å². The lowest BCUT2D eigenvalue weighted by atomic mass is 9.99. The number of nitriles is 1. The number of halogens is 1. The third kappa shape index (κ3) is 1.33. The Hall–Kier alpha value is -1.24. The van der Waals surface area contributed by atoms with E-state index in [1.165, 1.54) is 0 Å². The van der Waals surface area contributed by atoms with Gasteiger partial charge in [-0.25, -0.2) is 0 Å². The lowest BCUT2D eigenvalue weighted by molar-refractivity contribution is 0.269. The van der Waals surface area contributed by atoms with Crippen LogP contribution in [0.4, 0.5) is 0 Å². The van der Waals surface area contributed by atoms with Gasteiger partial charge in [-0.05, 0) is 12.1 Å². The molecule has 14 heavy (non-hydrogen) atoms. The normalized spacial score (nSPS) is 19.4. The maximum atomic E-state index is 8.79. The third-order valence-electron chi connectivity index (χ3n) is 2.32. The van der Waals surface area contributed by atoms with Crippen molar-refractivity contribution in [3.05, 3.63) is 28.3 Å². The number of benzene rings is 1. The Morgan fingerprint density at radius 1 is 1.57 bits per heavy atom. The van der Waals surface area contributed by atoms with E-state index in [0.717, 1.165) is 12.0 Å². The van der Waals surface area contributed by atoms with Gasteiger partial charge in [-0.1, -0.05) is 11.6 Å². The molecule has 0 spiro atoms. The summed E-state index contributed by atoms with van der Waals surface area (Å²) in [5, 5.41) is 9.22. The highest BCUT2D eigenvalue weighted by atomic mass is 35.5. The molecule has 0 radical (unpaired) electrons. The van der Waals surface area contributed by atoms with Crippen LogP contribution in [-0.2, 0) is 0 Å². The van der Waals surface area contributed by atoms with Crippen LogP contribution < -0.4 is 10.5 Å². The van der Waals surface area contributed by atoms with Crippen molar-refractivity contribution in [1.29, 1.82) is 5.26 Å². The van der Waals surface area contributed by atoms with Crippen molar-refractivity contribution < 1.29 is 4.74 Å². The maximum absolute atomic E-state index is 8.79. The van der Waals surface area contributed by atoms with E-state index in [2.05, 4.69) is 0 Å². The Morgan fingerprint density at radius 3 is 3.07 bits per heavy atom. The van der Waals surface area contributed by atoms with Gasteiger partial charge in [0.05, 0.1) is 17.2 Å². The van der Waals surface area contributed by atoms with Gasteiger partial charge in [0.25, 0.3) is 0 Å². The van der Waals surface area contributed by atoms with Gasteiger partial charge in [-0.2, -0.15) is 5.26 Å². The second kappa shape index (κ2) is 3.49. The minimum absolute atomic E-state index is 0.125. The second-order valence-electron chi connectivity index (χ2n) is 3.19. The fourth-order valence-corrected chi connectivity index (χ4v) is 1.91. The predicted molar refractivity (Wildman–Crippen MR) is 53.2 cm³/mol. The minimum Gasteiger partial charge on any atom is -0.493 e. The number of ether oxygens (including phenoxy) is 1. The Morgan fingerprint density at radius 2 is 2.36 bits per heavy atom. The highest BCUT2D eigenvalue weighted by molar-refractivity contribution is 6.32. The first-order valence-electron chi connectivity index (χ1n) is 4.35. The summed E-state index contributed by atoms with van der Waals surface area (Å²) >= 11 is 6.04. The first-order valence-corrected chi connectivity index (χ1v) is 4.72. The summed E-state index contributed by atoms with van der Waals surface area (Å²) in [6, 6.07) is 5.30. The largest absolute Gasteiger partial charge is 0.493 e. The van der Waals surface area contributed by atoms with Crippen LogP contribution in [0.5, 0.6) is 5.75 Å². The van der Waals surface area contributed by atoms with Gasteiger partial charge in [0, 0.05) is 18.0 Å². The van der Waals surface area contributed by atoms with Crippen LogP contribution >= 0.6 is 11.6 Å². The van der Waals surface area contributed by atoms with Crippen LogP contribution in [0.2, 0.25) is 5.02 Å². The molecule has 2 rings (SSSR count). The Balaban J connectivity index is 2.61. The van der Waals surface area contributed by atoms with Gasteiger partial charge in [0.15, 0.2) is 0 Å². The molecule has 0 saturated heterocycles. The average Bonchev–Trinajstić information content (AvgIpc) is 2.18. The molecular formula is C10H9ClN2O. The Labute approximate surface area is 87.0 Å². The number of fused-ring (bicyclic) bond motifs is 1. The van der Waals surface area contributed by atoms with Crippen molar-refractivity contribution in [2.24, 2.45) is 5.73 Å². The molecule has 0 amide bonds. The molecular weight excluding hydrogens is 200 g/mol. The molecule has 1 aliphatic rings. The molecule has 0 unspecified atom stereocenters. The maximum Gasteiger partial charge on any atom is 0.125 e. The van der Waals surface area contributed by atoms with E-state index in [1.54, 1.807) is 12.1 Å². The van der Waals surface area contributed by atoms with E-state index >= 15 is 0 Å². The molecule has 3 nitrogen and oxygen atoms in total. The fourth-order valence-electron chi connectivity index (χ4n) is 1.57. The fraction of sp³-hybridized carbons (Fsp3) is 0.300. The predicted octanol–water partition coefficient (Wildman–Crippen LogP) is 1.99. The summed E-state index contributed by atoms with van der Waals surface area (Å²) < 4.78 is 5.40. The lowest BCUT2D eigenvalue weighted by Gasteiger charge is -2.24. The van der Waals surface area contributed by atoms with Crippen LogP contribution in [0, 0.1) is 11.3 Å². The highest BCUT2D eigenvalue weighted by Gasteiger charge is 2.22. The first kappa shape index (κ1) is 9.32. The summed E-state index contributed by atoms with van der Waals surface area (Å²) in [7, 11) is 0. The van der Waals surface area contributed by atoms with Gasteiger partial charge in [-0.15, -0.1) is 0 Å². The van der Waals surface area contributed by atoms with E-state index in [9.17, 15) is 0 Å². The molecule has 1 aliphatic heterocycles. The topological polar surface area (TPSA) is 59.0 Å². The van der Waals surface area contributed by atoms with Gasteiger partial charge in [-0.3, -0.25) is 0 Å². The minimum atomic E-state index is -0.125. The molecule has 72 valence electrons. The standard InChI is InChI=1S/C10H9ClN2O/c11-10-6(5-12)1-2-8-9(10)7(13)3-4-14-8/h1-2,7H,3-4,13H2/t7-/m1/s1. The second-order valence-corrected chi connectivity index (χ2v) is 3.57. The van der Waals surface area contributed by atoms with E-state index in [-0.39, 0.29) is 6.04 Å². The van der Waals surface area contributed by atoms with Crippen molar-refractivity contribution in [2.75, 3.05) is 6.61 Å². The molecule has 1 heterocycles.